The predicted octanol–water partition coefficient (Wildman–Crippen LogP) is 1.40. The number of H-pyrrole nitrogens is 1. The minimum absolute atomic E-state index is 0.00310. The van der Waals surface area contributed by atoms with Crippen LogP contribution in [0.1, 0.15) is 18.9 Å². The maximum atomic E-state index is 12.0. The van der Waals surface area contributed by atoms with Crippen molar-refractivity contribution in [1.82, 2.24) is 14.8 Å². The van der Waals surface area contributed by atoms with Crippen molar-refractivity contribution in [3.63, 3.8) is 0 Å². The van der Waals surface area contributed by atoms with E-state index in [4.69, 9.17) is 10.00 Å². The SMILES string of the molecule is CCCOCn1ncc([N+](=O)[O-])c1-c1cc(C#N)c[nH]c1=O. The number of hydrogen-bond donors (Lipinski definition) is 1. The molecule has 0 aliphatic rings. The Morgan fingerprint density at radius 2 is 2.36 bits per heavy atom. The molecule has 114 valence electrons. The molecule has 0 radical (unpaired) electrons. The van der Waals surface area contributed by atoms with Crippen LogP contribution in [0.3, 0.4) is 0 Å². The lowest BCUT2D eigenvalue weighted by atomic mass is 10.1. The lowest BCUT2D eigenvalue weighted by Gasteiger charge is -2.07. The molecule has 2 aromatic heterocycles. The lowest BCUT2D eigenvalue weighted by Crippen LogP contribution is -2.14. The summed E-state index contributed by atoms with van der Waals surface area (Å²) in [5.74, 6) is 0. The van der Waals surface area contributed by atoms with Gasteiger partial charge >= 0.3 is 5.69 Å². The molecule has 2 rings (SSSR count). The van der Waals surface area contributed by atoms with Crippen LogP contribution in [0.2, 0.25) is 0 Å². The number of nitrogens with one attached hydrogen (secondary N) is 1. The molecule has 0 spiro atoms. The Morgan fingerprint density at radius 3 is 3.00 bits per heavy atom. The normalized spacial score (nSPS) is 10.4. The van der Waals surface area contributed by atoms with E-state index < -0.39 is 10.5 Å². The van der Waals surface area contributed by atoms with E-state index in [0.29, 0.717) is 6.61 Å². The fourth-order valence-corrected chi connectivity index (χ4v) is 1.90. The van der Waals surface area contributed by atoms with E-state index in [0.717, 1.165) is 12.6 Å². The molecule has 2 heterocycles. The van der Waals surface area contributed by atoms with Crippen molar-refractivity contribution in [1.29, 1.82) is 5.26 Å². The van der Waals surface area contributed by atoms with Gasteiger partial charge in [0.2, 0.25) is 0 Å². The highest BCUT2D eigenvalue weighted by molar-refractivity contribution is 5.69. The highest BCUT2D eigenvalue weighted by atomic mass is 16.6. The van der Waals surface area contributed by atoms with Gasteiger partial charge in [-0.2, -0.15) is 10.4 Å². The number of aromatic amines is 1. The number of nitriles is 1. The Balaban J connectivity index is 2.57. The van der Waals surface area contributed by atoms with Crippen molar-refractivity contribution < 1.29 is 9.66 Å². The molecular formula is C13H13N5O4. The summed E-state index contributed by atoms with van der Waals surface area (Å²) < 4.78 is 6.56. The molecule has 0 aliphatic carbocycles. The second-order valence-electron chi connectivity index (χ2n) is 4.42. The van der Waals surface area contributed by atoms with Gasteiger partial charge in [0.15, 0.2) is 5.69 Å². The number of hydrogen-bond acceptors (Lipinski definition) is 6. The molecule has 0 aromatic carbocycles. The minimum atomic E-state index is -0.628. The number of ether oxygens (including phenoxy) is 1. The molecule has 0 saturated carbocycles. The van der Waals surface area contributed by atoms with Gasteiger partial charge in [-0.3, -0.25) is 14.9 Å². The van der Waals surface area contributed by atoms with Crippen LogP contribution < -0.4 is 5.56 Å². The third kappa shape index (κ3) is 3.02. The quantitative estimate of drug-likeness (QED) is 0.488. The summed E-state index contributed by atoms with van der Waals surface area (Å²) in [5.41, 5.74) is -0.658. The van der Waals surface area contributed by atoms with Crippen molar-refractivity contribution >= 4 is 5.69 Å². The van der Waals surface area contributed by atoms with Gasteiger partial charge in [-0.15, -0.1) is 0 Å². The largest absolute Gasteiger partial charge is 0.359 e. The van der Waals surface area contributed by atoms with Crippen LogP contribution in [0.5, 0.6) is 0 Å². The van der Waals surface area contributed by atoms with Crippen molar-refractivity contribution in [2.75, 3.05) is 6.61 Å². The van der Waals surface area contributed by atoms with Gasteiger partial charge < -0.3 is 9.72 Å². The van der Waals surface area contributed by atoms with Gasteiger partial charge in [0.1, 0.15) is 19.0 Å². The van der Waals surface area contributed by atoms with Gasteiger partial charge in [-0.05, 0) is 12.5 Å². The van der Waals surface area contributed by atoms with Crippen molar-refractivity contribution in [2.45, 2.75) is 20.1 Å². The molecule has 0 unspecified atom stereocenters. The topological polar surface area (TPSA) is 127 Å². The van der Waals surface area contributed by atoms with E-state index in [1.807, 2.05) is 13.0 Å². The van der Waals surface area contributed by atoms with E-state index in [1.54, 1.807) is 0 Å². The van der Waals surface area contributed by atoms with Gasteiger partial charge in [0.05, 0.1) is 16.1 Å². The maximum absolute atomic E-state index is 12.0. The first-order valence-corrected chi connectivity index (χ1v) is 6.49. The van der Waals surface area contributed by atoms with Crippen LogP contribution in [0.4, 0.5) is 5.69 Å². The zero-order valence-corrected chi connectivity index (χ0v) is 11.8. The fourth-order valence-electron chi connectivity index (χ4n) is 1.90. The molecule has 9 heteroatoms. The Morgan fingerprint density at radius 1 is 1.59 bits per heavy atom. The third-order valence-corrected chi connectivity index (χ3v) is 2.87. The highest BCUT2D eigenvalue weighted by Crippen LogP contribution is 2.27. The van der Waals surface area contributed by atoms with Crippen LogP contribution in [0, 0.1) is 21.4 Å². The number of pyridine rings is 1. The maximum Gasteiger partial charge on any atom is 0.315 e. The molecule has 0 amide bonds. The standard InChI is InChI=1S/C13H13N5O4/c1-2-3-22-8-17-12(11(7-16-17)18(20)21)10-4-9(5-14)6-15-13(10)19/h4,6-7H,2-3,8H2,1H3,(H,15,19). The van der Waals surface area contributed by atoms with Crippen LogP contribution in [-0.2, 0) is 11.5 Å². The summed E-state index contributed by atoms with van der Waals surface area (Å²) in [6.45, 7) is 2.36. The third-order valence-electron chi connectivity index (χ3n) is 2.87. The van der Waals surface area contributed by atoms with Crippen LogP contribution in [0.25, 0.3) is 11.3 Å². The first-order valence-electron chi connectivity index (χ1n) is 6.49. The molecule has 9 nitrogen and oxygen atoms in total. The molecule has 0 fully saturated rings. The summed E-state index contributed by atoms with van der Waals surface area (Å²) >= 11 is 0. The summed E-state index contributed by atoms with van der Waals surface area (Å²) in [7, 11) is 0. The Kier molecular flexibility index (Phi) is 4.65. The predicted molar refractivity (Wildman–Crippen MR) is 75.9 cm³/mol. The van der Waals surface area contributed by atoms with Crippen LogP contribution in [0.15, 0.2) is 23.3 Å². The zero-order chi connectivity index (χ0) is 16.1. The second-order valence-corrected chi connectivity index (χ2v) is 4.42. The molecule has 0 atom stereocenters. The van der Waals surface area contributed by atoms with Crippen LogP contribution in [-0.4, -0.2) is 26.3 Å². The Hall–Kier alpha value is -2.99. The minimum Gasteiger partial charge on any atom is -0.359 e. The smallest absolute Gasteiger partial charge is 0.315 e. The number of nitro groups is 1. The molecule has 0 aliphatic heterocycles. The summed E-state index contributed by atoms with van der Waals surface area (Å²) in [4.78, 5) is 24.9. The molecular weight excluding hydrogens is 290 g/mol. The van der Waals surface area contributed by atoms with E-state index >= 15 is 0 Å². The van der Waals surface area contributed by atoms with E-state index in [9.17, 15) is 14.9 Å². The van der Waals surface area contributed by atoms with E-state index in [1.165, 1.54) is 16.9 Å². The molecule has 0 bridgehead atoms. The molecule has 1 N–H and O–H groups in total. The summed E-state index contributed by atoms with van der Waals surface area (Å²) in [6, 6.07) is 3.17. The molecule has 22 heavy (non-hydrogen) atoms. The van der Waals surface area contributed by atoms with E-state index in [-0.39, 0.29) is 29.2 Å². The first-order chi connectivity index (χ1) is 10.6. The monoisotopic (exact) mass is 303 g/mol. The van der Waals surface area contributed by atoms with Crippen LogP contribution >= 0.6 is 0 Å². The average molecular weight is 303 g/mol. The lowest BCUT2D eigenvalue weighted by molar-refractivity contribution is -0.384. The first kappa shape index (κ1) is 15.4. The number of aromatic nitrogens is 3. The van der Waals surface area contributed by atoms with Crippen molar-refractivity contribution in [3.8, 4) is 17.3 Å². The van der Waals surface area contributed by atoms with Crippen molar-refractivity contribution in [2.24, 2.45) is 0 Å². The molecule has 0 saturated heterocycles. The Labute approximate surface area is 124 Å². The number of nitrogens with zero attached hydrogens (tertiary/aromatic N) is 4. The van der Waals surface area contributed by atoms with E-state index in [2.05, 4.69) is 10.1 Å². The Bertz CT molecular complexity index is 786. The van der Waals surface area contributed by atoms with Gasteiger partial charge in [-0.25, -0.2) is 4.68 Å². The highest BCUT2D eigenvalue weighted by Gasteiger charge is 2.24. The number of rotatable bonds is 6. The zero-order valence-electron chi connectivity index (χ0n) is 11.8. The van der Waals surface area contributed by atoms with Gasteiger partial charge in [0.25, 0.3) is 5.56 Å². The average Bonchev–Trinajstić information content (AvgIpc) is 2.92. The summed E-state index contributed by atoms with van der Waals surface area (Å²) in [5, 5.41) is 24.0. The van der Waals surface area contributed by atoms with Crippen molar-refractivity contribution in [3.05, 3.63) is 44.5 Å². The summed E-state index contributed by atoms with van der Waals surface area (Å²) in [6.07, 6.45) is 3.08. The van der Waals surface area contributed by atoms with Gasteiger partial charge in [-0.1, -0.05) is 6.92 Å². The molecule has 2 aromatic rings. The van der Waals surface area contributed by atoms with Gasteiger partial charge in [0, 0.05) is 12.8 Å². The second kappa shape index (κ2) is 6.64. The fraction of sp³-hybridized carbons (Fsp3) is 0.308.